The highest BCUT2D eigenvalue weighted by atomic mass is 19.1. The van der Waals surface area contributed by atoms with Crippen molar-refractivity contribution in [1.29, 1.82) is 0 Å². The Morgan fingerprint density at radius 2 is 2.17 bits per heavy atom. The van der Waals surface area contributed by atoms with Gasteiger partial charge in [-0.05, 0) is 36.4 Å². The van der Waals surface area contributed by atoms with E-state index < -0.39 is 5.82 Å². The molecule has 2 aromatic heterocycles. The van der Waals surface area contributed by atoms with Crippen molar-refractivity contribution in [1.82, 2.24) is 14.8 Å². The molecule has 3 heterocycles. The van der Waals surface area contributed by atoms with E-state index in [4.69, 9.17) is 15.2 Å². The minimum absolute atomic E-state index is 0.0918. The molecule has 8 nitrogen and oxygen atoms in total. The number of nitrogens with zero attached hydrogens (tertiary/aromatic N) is 3. The zero-order valence-electron chi connectivity index (χ0n) is 15.8. The first-order valence-corrected chi connectivity index (χ1v) is 9.11. The first-order valence-electron chi connectivity index (χ1n) is 9.11. The molecule has 0 aliphatic carbocycles. The van der Waals surface area contributed by atoms with Gasteiger partial charge in [0.15, 0.2) is 0 Å². The van der Waals surface area contributed by atoms with Crippen LogP contribution >= 0.6 is 0 Å². The van der Waals surface area contributed by atoms with Gasteiger partial charge < -0.3 is 20.5 Å². The van der Waals surface area contributed by atoms with Crippen molar-refractivity contribution < 1.29 is 18.7 Å². The topological polar surface area (TPSA) is 104 Å². The zero-order valence-corrected chi connectivity index (χ0v) is 15.8. The lowest BCUT2D eigenvalue weighted by Gasteiger charge is -2.17. The average Bonchev–Trinajstić information content (AvgIpc) is 3.35. The van der Waals surface area contributed by atoms with Crippen molar-refractivity contribution in [2.24, 2.45) is 7.05 Å². The van der Waals surface area contributed by atoms with Crippen molar-refractivity contribution in [2.75, 3.05) is 24.3 Å². The van der Waals surface area contributed by atoms with E-state index >= 15 is 0 Å². The van der Waals surface area contributed by atoms with Crippen molar-refractivity contribution in [2.45, 2.75) is 12.5 Å². The normalized spacial score (nSPS) is 16.0. The Labute approximate surface area is 166 Å². The largest absolute Gasteiger partial charge is 0.487 e. The van der Waals surface area contributed by atoms with Gasteiger partial charge in [-0.25, -0.2) is 9.37 Å². The predicted octanol–water partition coefficient (Wildman–Crippen LogP) is 2.62. The summed E-state index contributed by atoms with van der Waals surface area (Å²) in [5.41, 5.74) is 7.51. The molecule has 150 valence electrons. The van der Waals surface area contributed by atoms with Crippen LogP contribution < -0.4 is 15.8 Å². The molecule has 1 atom stereocenters. The minimum atomic E-state index is -0.414. The first kappa shape index (κ1) is 18.9. The van der Waals surface area contributed by atoms with Crippen LogP contribution in [-0.4, -0.2) is 40.0 Å². The van der Waals surface area contributed by atoms with Crippen LogP contribution in [0.1, 0.15) is 16.9 Å². The third kappa shape index (κ3) is 4.04. The molecule has 0 saturated carbocycles. The van der Waals surface area contributed by atoms with Crippen LogP contribution in [0, 0.1) is 5.82 Å². The molecule has 1 unspecified atom stereocenters. The molecular weight excluding hydrogens is 377 g/mol. The first-order chi connectivity index (χ1) is 14.0. The number of hydrogen-bond acceptors (Lipinski definition) is 6. The van der Waals surface area contributed by atoms with Crippen LogP contribution in [0.4, 0.5) is 16.0 Å². The van der Waals surface area contributed by atoms with E-state index in [-0.39, 0.29) is 23.6 Å². The maximum Gasteiger partial charge on any atom is 0.275 e. The summed E-state index contributed by atoms with van der Waals surface area (Å²) >= 11 is 0. The molecular formula is C20H20FN5O3. The number of nitrogens with one attached hydrogen (secondary N) is 1. The Morgan fingerprint density at radius 3 is 2.86 bits per heavy atom. The average molecular weight is 397 g/mol. The Bertz CT molecular complexity index is 1050. The number of amides is 1. The van der Waals surface area contributed by atoms with Crippen molar-refractivity contribution in [3.63, 3.8) is 0 Å². The summed E-state index contributed by atoms with van der Waals surface area (Å²) in [5.74, 6) is 0.150. The Kier molecular flexibility index (Phi) is 5.13. The molecule has 1 aliphatic rings. The summed E-state index contributed by atoms with van der Waals surface area (Å²) in [4.78, 5) is 16.6. The van der Waals surface area contributed by atoms with Gasteiger partial charge in [0.2, 0.25) is 0 Å². The van der Waals surface area contributed by atoms with E-state index in [1.807, 2.05) is 0 Å². The second-order valence-corrected chi connectivity index (χ2v) is 6.67. The van der Waals surface area contributed by atoms with Crippen LogP contribution in [0.3, 0.4) is 0 Å². The number of carbonyl (C=O) groups is 1. The van der Waals surface area contributed by atoms with Gasteiger partial charge >= 0.3 is 0 Å². The highest BCUT2D eigenvalue weighted by Crippen LogP contribution is 2.35. The van der Waals surface area contributed by atoms with Gasteiger partial charge in [0.25, 0.3) is 5.91 Å². The number of benzene rings is 1. The Balaban J connectivity index is 1.60. The van der Waals surface area contributed by atoms with Crippen LogP contribution in [0.25, 0.3) is 11.1 Å². The molecule has 0 spiro atoms. The number of aryl methyl sites for hydroxylation is 1. The Hall–Kier alpha value is -3.46. The number of anilines is 2. The van der Waals surface area contributed by atoms with Gasteiger partial charge in [0.1, 0.15) is 35.0 Å². The monoisotopic (exact) mass is 397 g/mol. The van der Waals surface area contributed by atoms with Gasteiger partial charge in [0.05, 0.1) is 13.2 Å². The lowest BCUT2D eigenvalue weighted by atomic mass is 10.0. The molecule has 0 radical (unpaired) electrons. The van der Waals surface area contributed by atoms with Crippen LogP contribution in [-0.2, 0) is 11.8 Å². The van der Waals surface area contributed by atoms with Gasteiger partial charge in [0, 0.05) is 30.8 Å². The summed E-state index contributed by atoms with van der Waals surface area (Å²) in [6.45, 7) is 1.12. The van der Waals surface area contributed by atoms with Crippen molar-refractivity contribution in [3.8, 4) is 16.9 Å². The van der Waals surface area contributed by atoms with E-state index in [9.17, 15) is 9.18 Å². The second kappa shape index (κ2) is 7.88. The summed E-state index contributed by atoms with van der Waals surface area (Å²) in [5, 5.41) is 6.64. The Morgan fingerprint density at radius 1 is 1.31 bits per heavy atom. The smallest absolute Gasteiger partial charge is 0.275 e. The summed E-state index contributed by atoms with van der Waals surface area (Å²) in [7, 11) is 1.67. The molecule has 0 bridgehead atoms. The number of nitrogen functional groups attached to an aromatic ring is 1. The number of halogens is 1. The predicted molar refractivity (Wildman–Crippen MR) is 105 cm³/mol. The van der Waals surface area contributed by atoms with E-state index in [1.54, 1.807) is 31.3 Å². The molecule has 9 heteroatoms. The number of carbonyl (C=O) groups excluding carboxylic acids is 1. The van der Waals surface area contributed by atoms with Gasteiger partial charge in [-0.15, -0.1) is 0 Å². The molecule has 29 heavy (non-hydrogen) atoms. The number of aromatic nitrogens is 3. The number of ether oxygens (including phenoxy) is 2. The third-order valence-electron chi connectivity index (χ3n) is 4.63. The van der Waals surface area contributed by atoms with E-state index in [2.05, 4.69) is 15.4 Å². The van der Waals surface area contributed by atoms with E-state index in [0.717, 1.165) is 6.42 Å². The quantitative estimate of drug-likeness (QED) is 0.686. The van der Waals surface area contributed by atoms with Crippen molar-refractivity contribution >= 4 is 17.5 Å². The molecule has 1 aliphatic heterocycles. The van der Waals surface area contributed by atoms with E-state index in [1.165, 1.54) is 23.0 Å². The molecule has 4 rings (SSSR count). The highest BCUT2D eigenvalue weighted by Gasteiger charge is 2.21. The lowest BCUT2D eigenvalue weighted by molar-refractivity contribution is 0.101. The van der Waals surface area contributed by atoms with Crippen LogP contribution in [0.15, 0.2) is 42.6 Å². The molecule has 1 saturated heterocycles. The molecule has 3 aromatic rings. The zero-order chi connectivity index (χ0) is 20.4. The maximum absolute atomic E-state index is 13.9. The number of rotatable bonds is 5. The highest BCUT2D eigenvalue weighted by molar-refractivity contribution is 6.02. The molecule has 1 amide bonds. The van der Waals surface area contributed by atoms with E-state index in [0.29, 0.717) is 35.8 Å². The number of pyridine rings is 1. The molecule has 1 aromatic carbocycles. The summed E-state index contributed by atoms with van der Waals surface area (Å²) < 4.78 is 26.7. The fourth-order valence-corrected chi connectivity index (χ4v) is 3.15. The van der Waals surface area contributed by atoms with Gasteiger partial charge in [-0.1, -0.05) is 0 Å². The fourth-order valence-electron chi connectivity index (χ4n) is 3.15. The number of hydrogen-bond donors (Lipinski definition) is 2. The minimum Gasteiger partial charge on any atom is -0.487 e. The van der Waals surface area contributed by atoms with Gasteiger partial charge in [-0.3, -0.25) is 9.48 Å². The molecule has 1 fully saturated rings. The van der Waals surface area contributed by atoms with Crippen LogP contribution in [0.5, 0.6) is 5.75 Å². The third-order valence-corrected chi connectivity index (χ3v) is 4.63. The van der Waals surface area contributed by atoms with Gasteiger partial charge in [-0.2, -0.15) is 5.10 Å². The fraction of sp³-hybridized carbons (Fsp3) is 0.250. The van der Waals surface area contributed by atoms with Crippen LogP contribution in [0.2, 0.25) is 0 Å². The number of nitrogens with two attached hydrogens (primary N) is 1. The molecule has 3 N–H and O–H groups in total. The summed E-state index contributed by atoms with van der Waals surface area (Å²) in [6.07, 6.45) is 2.20. The standard InChI is InChI=1S/C20H20FN5O3/c1-26-16(6-8-23-26)20(27)25-18-5-3-14(19(22)24-18)15-10-12(21)2-4-17(15)29-13-7-9-28-11-13/h2-6,8,10,13H,7,9,11H2,1H3,(H3,22,24,25,27). The lowest BCUT2D eigenvalue weighted by Crippen LogP contribution is -2.17. The second-order valence-electron chi connectivity index (χ2n) is 6.67. The van der Waals surface area contributed by atoms with Crippen molar-refractivity contribution in [3.05, 3.63) is 54.1 Å². The SMILES string of the molecule is Cn1nccc1C(=O)Nc1ccc(-c2cc(F)ccc2OC2CCOC2)c(N)n1. The maximum atomic E-state index is 13.9. The summed E-state index contributed by atoms with van der Waals surface area (Å²) in [6, 6.07) is 9.13.